The average Bonchev–Trinajstić information content (AvgIpc) is 3.10. The first-order valence-corrected chi connectivity index (χ1v) is 9.42. The van der Waals surface area contributed by atoms with E-state index in [0.29, 0.717) is 55.7 Å². The number of aryl methyl sites for hydroxylation is 1. The van der Waals surface area contributed by atoms with Gasteiger partial charge >= 0.3 is 0 Å². The summed E-state index contributed by atoms with van der Waals surface area (Å²) in [5.41, 5.74) is 7.63. The fraction of sp³-hybridized carbons (Fsp3) is 0.421. The number of nitrogens with two attached hydrogens (primary N) is 1. The molecule has 148 valence electrons. The van der Waals surface area contributed by atoms with Gasteiger partial charge in [-0.05, 0) is 31.0 Å². The number of anilines is 3. The SMILES string of the molecule is CCC(N)(O)c1nc(N2CCOCC2)c2nc(Nc3cccc(C)c3)[nH]c2n1. The van der Waals surface area contributed by atoms with Gasteiger partial charge in [0.15, 0.2) is 28.5 Å². The van der Waals surface area contributed by atoms with Crippen molar-refractivity contribution in [2.24, 2.45) is 5.73 Å². The molecule has 0 spiro atoms. The number of rotatable bonds is 5. The van der Waals surface area contributed by atoms with E-state index in [9.17, 15) is 5.11 Å². The highest BCUT2D eigenvalue weighted by Crippen LogP contribution is 2.28. The van der Waals surface area contributed by atoms with Gasteiger partial charge in [0.25, 0.3) is 0 Å². The maximum absolute atomic E-state index is 10.5. The molecular formula is C19H25N7O2. The maximum Gasteiger partial charge on any atom is 0.207 e. The van der Waals surface area contributed by atoms with Crippen LogP contribution in [0.1, 0.15) is 24.7 Å². The Morgan fingerprint density at radius 2 is 2.07 bits per heavy atom. The predicted molar refractivity (Wildman–Crippen MR) is 108 cm³/mol. The van der Waals surface area contributed by atoms with Gasteiger partial charge in [-0.3, -0.25) is 5.73 Å². The molecule has 5 N–H and O–H groups in total. The van der Waals surface area contributed by atoms with E-state index in [0.717, 1.165) is 11.3 Å². The van der Waals surface area contributed by atoms with Crippen molar-refractivity contribution in [3.8, 4) is 0 Å². The molecule has 0 radical (unpaired) electrons. The van der Waals surface area contributed by atoms with E-state index in [-0.39, 0.29) is 5.82 Å². The number of morpholine rings is 1. The molecule has 9 heteroatoms. The lowest BCUT2D eigenvalue weighted by Gasteiger charge is -2.29. The van der Waals surface area contributed by atoms with Gasteiger partial charge in [-0.2, -0.15) is 0 Å². The number of aromatic nitrogens is 4. The Morgan fingerprint density at radius 1 is 1.29 bits per heavy atom. The smallest absolute Gasteiger partial charge is 0.207 e. The molecule has 0 aliphatic carbocycles. The summed E-state index contributed by atoms with van der Waals surface area (Å²) in [6.07, 6.45) is 0.295. The first kappa shape index (κ1) is 18.6. The Labute approximate surface area is 163 Å². The molecule has 0 bridgehead atoms. The monoisotopic (exact) mass is 383 g/mol. The number of benzene rings is 1. The Balaban J connectivity index is 1.78. The molecule has 2 aromatic heterocycles. The number of aromatic amines is 1. The zero-order valence-electron chi connectivity index (χ0n) is 16.1. The first-order valence-electron chi connectivity index (χ1n) is 9.42. The highest BCUT2D eigenvalue weighted by atomic mass is 16.5. The van der Waals surface area contributed by atoms with Crippen LogP contribution < -0.4 is 16.0 Å². The van der Waals surface area contributed by atoms with Gasteiger partial charge in [0.2, 0.25) is 5.95 Å². The number of ether oxygens (including phenoxy) is 1. The van der Waals surface area contributed by atoms with E-state index in [1.807, 2.05) is 31.2 Å². The molecule has 28 heavy (non-hydrogen) atoms. The van der Waals surface area contributed by atoms with Crippen molar-refractivity contribution < 1.29 is 9.84 Å². The Bertz CT molecular complexity index is 980. The van der Waals surface area contributed by atoms with Crippen LogP contribution in [0.2, 0.25) is 0 Å². The summed E-state index contributed by atoms with van der Waals surface area (Å²) < 4.78 is 5.45. The van der Waals surface area contributed by atoms with Crippen LogP contribution in [0.25, 0.3) is 11.2 Å². The lowest BCUT2D eigenvalue weighted by molar-refractivity contribution is 0.0305. The third kappa shape index (κ3) is 3.64. The molecule has 9 nitrogen and oxygen atoms in total. The molecule has 1 atom stereocenters. The second kappa shape index (κ2) is 7.34. The fourth-order valence-electron chi connectivity index (χ4n) is 3.15. The van der Waals surface area contributed by atoms with Gasteiger partial charge in [0, 0.05) is 18.8 Å². The number of hydrogen-bond acceptors (Lipinski definition) is 8. The normalized spacial score (nSPS) is 16.9. The van der Waals surface area contributed by atoms with Gasteiger partial charge in [-0.15, -0.1) is 0 Å². The summed E-state index contributed by atoms with van der Waals surface area (Å²) in [5, 5.41) is 13.8. The van der Waals surface area contributed by atoms with E-state index in [1.165, 1.54) is 0 Å². The average molecular weight is 383 g/mol. The molecule has 1 fully saturated rings. The van der Waals surface area contributed by atoms with Crippen molar-refractivity contribution in [3.05, 3.63) is 35.7 Å². The summed E-state index contributed by atoms with van der Waals surface area (Å²) in [6, 6.07) is 8.01. The Hall–Kier alpha value is -2.75. The van der Waals surface area contributed by atoms with Crippen LogP contribution in [-0.4, -0.2) is 51.3 Å². The summed E-state index contributed by atoms with van der Waals surface area (Å²) in [7, 11) is 0. The first-order chi connectivity index (χ1) is 13.5. The quantitative estimate of drug-likeness (QED) is 0.491. The largest absolute Gasteiger partial charge is 0.378 e. The lowest BCUT2D eigenvalue weighted by atomic mass is 10.1. The molecular weight excluding hydrogens is 358 g/mol. The standard InChI is InChI=1S/C19H25N7O2/c1-3-19(20,27)17-23-15-14(16(25-17)26-7-9-28-10-8-26)22-18(24-15)21-13-6-4-5-12(2)11-13/h4-6,11,27H,3,7-10,20H2,1-2H3,(H2,21,22,23,24,25). The predicted octanol–water partition coefficient (Wildman–Crippen LogP) is 1.76. The van der Waals surface area contributed by atoms with Gasteiger partial charge in [0.1, 0.15) is 0 Å². The van der Waals surface area contributed by atoms with Crippen LogP contribution in [0.3, 0.4) is 0 Å². The summed E-state index contributed by atoms with van der Waals surface area (Å²) >= 11 is 0. The van der Waals surface area contributed by atoms with E-state index in [4.69, 9.17) is 10.5 Å². The van der Waals surface area contributed by atoms with Crippen LogP contribution >= 0.6 is 0 Å². The minimum atomic E-state index is -1.61. The second-order valence-corrected chi connectivity index (χ2v) is 7.03. The lowest BCUT2D eigenvalue weighted by Crippen LogP contribution is -2.40. The summed E-state index contributed by atoms with van der Waals surface area (Å²) in [5.74, 6) is 1.38. The van der Waals surface area contributed by atoms with E-state index in [2.05, 4.69) is 30.2 Å². The minimum Gasteiger partial charge on any atom is -0.378 e. The van der Waals surface area contributed by atoms with Crippen molar-refractivity contribution in [1.29, 1.82) is 0 Å². The molecule has 1 saturated heterocycles. The highest BCUT2D eigenvalue weighted by Gasteiger charge is 2.29. The van der Waals surface area contributed by atoms with E-state index >= 15 is 0 Å². The molecule has 3 heterocycles. The van der Waals surface area contributed by atoms with Crippen molar-refractivity contribution >= 4 is 28.6 Å². The number of nitrogens with one attached hydrogen (secondary N) is 2. The van der Waals surface area contributed by atoms with Crippen molar-refractivity contribution in [1.82, 2.24) is 19.9 Å². The van der Waals surface area contributed by atoms with Gasteiger partial charge in [-0.25, -0.2) is 15.0 Å². The van der Waals surface area contributed by atoms with Crippen LogP contribution in [0.4, 0.5) is 17.5 Å². The molecule has 3 aromatic rings. The van der Waals surface area contributed by atoms with E-state index < -0.39 is 5.72 Å². The van der Waals surface area contributed by atoms with Gasteiger partial charge < -0.3 is 25.0 Å². The second-order valence-electron chi connectivity index (χ2n) is 7.03. The fourth-order valence-corrected chi connectivity index (χ4v) is 3.15. The molecule has 1 aromatic carbocycles. The van der Waals surface area contributed by atoms with Crippen LogP contribution in [0, 0.1) is 6.92 Å². The Morgan fingerprint density at radius 3 is 2.79 bits per heavy atom. The van der Waals surface area contributed by atoms with E-state index in [1.54, 1.807) is 6.92 Å². The minimum absolute atomic E-state index is 0.176. The van der Waals surface area contributed by atoms with Crippen molar-refractivity contribution in [2.75, 3.05) is 36.5 Å². The number of aliphatic hydroxyl groups is 1. The van der Waals surface area contributed by atoms with Crippen molar-refractivity contribution in [2.45, 2.75) is 26.0 Å². The maximum atomic E-state index is 10.5. The highest BCUT2D eigenvalue weighted by molar-refractivity contribution is 5.86. The Kier molecular flexibility index (Phi) is 4.88. The molecule has 4 rings (SSSR count). The molecule has 0 amide bonds. The number of H-pyrrole nitrogens is 1. The third-order valence-electron chi connectivity index (χ3n) is 4.84. The van der Waals surface area contributed by atoms with Crippen LogP contribution in [0.5, 0.6) is 0 Å². The summed E-state index contributed by atoms with van der Waals surface area (Å²) in [6.45, 7) is 6.42. The van der Waals surface area contributed by atoms with Crippen molar-refractivity contribution in [3.63, 3.8) is 0 Å². The van der Waals surface area contributed by atoms with Crippen LogP contribution in [-0.2, 0) is 10.5 Å². The number of nitrogens with zero attached hydrogens (tertiary/aromatic N) is 4. The molecule has 1 unspecified atom stereocenters. The third-order valence-corrected chi connectivity index (χ3v) is 4.84. The molecule has 0 saturated carbocycles. The molecule has 1 aliphatic rings. The van der Waals surface area contributed by atoms with Gasteiger partial charge in [-0.1, -0.05) is 19.1 Å². The zero-order valence-corrected chi connectivity index (χ0v) is 16.1. The van der Waals surface area contributed by atoms with Crippen LogP contribution in [0.15, 0.2) is 24.3 Å². The zero-order chi connectivity index (χ0) is 19.7. The van der Waals surface area contributed by atoms with Gasteiger partial charge in [0.05, 0.1) is 13.2 Å². The topological polar surface area (TPSA) is 125 Å². The number of hydrogen-bond donors (Lipinski definition) is 4. The summed E-state index contributed by atoms with van der Waals surface area (Å²) in [4.78, 5) is 19.0. The number of fused-ring (bicyclic) bond motifs is 1. The molecule has 1 aliphatic heterocycles. The number of imidazole rings is 1.